The Morgan fingerprint density at radius 2 is 2.44 bits per heavy atom. The van der Waals surface area contributed by atoms with Crippen LogP contribution in [-0.4, -0.2) is 11.2 Å². The van der Waals surface area contributed by atoms with Gasteiger partial charge in [-0.3, -0.25) is 4.79 Å². The minimum atomic E-state index is -0.151. The lowest BCUT2D eigenvalue weighted by molar-refractivity contribution is -0.128. The van der Waals surface area contributed by atoms with Crippen LogP contribution in [-0.2, 0) is 4.79 Å². The molecular formula is C7H11ClO. The summed E-state index contributed by atoms with van der Waals surface area (Å²) < 4.78 is 0. The summed E-state index contributed by atoms with van der Waals surface area (Å²) in [5.41, 5.74) is 0. The first-order valence-corrected chi connectivity index (χ1v) is 3.87. The Hall–Kier alpha value is -0.0400. The van der Waals surface area contributed by atoms with E-state index in [1.807, 2.05) is 0 Å². The molecule has 0 amide bonds. The Morgan fingerprint density at radius 1 is 1.78 bits per heavy atom. The van der Waals surface area contributed by atoms with Gasteiger partial charge in [0.2, 0.25) is 0 Å². The van der Waals surface area contributed by atoms with Gasteiger partial charge in [0.15, 0.2) is 5.78 Å². The van der Waals surface area contributed by atoms with Crippen molar-refractivity contribution in [2.75, 3.05) is 0 Å². The third-order valence-corrected chi connectivity index (χ3v) is 2.23. The summed E-state index contributed by atoms with van der Waals surface area (Å²) in [4.78, 5) is 10.8. The van der Waals surface area contributed by atoms with Gasteiger partial charge in [0.05, 0.1) is 5.38 Å². The number of Topliss-reactive ketones (excluding diaryl/α,β-unsaturated/α-hetero) is 1. The van der Waals surface area contributed by atoms with Crippen molar-refractivity contribution in [1.82, 2.24) is 0 Å². The molecule has 1 aliphatic carbocycles. The molecule has 1 rings (SSSR count). The maximum Gasteiger partial charge on any atom is 0.153 e. The minimum absolute atomic E-state index is 0.151. The minimum Gasteiger partial charge on any atom is -0.298 e. The molecule has 0 N–H and O–H groups in total. The summed E-state index contributed by atoms with van der Waals surface area (Å²) in [6, 6.07) is 0. The van der Waals surface area contributed by atoms with Crippen LogP contribution in [0.3, 0.4) is 0 Å². The predicted octanol–water partition coefficient (Wildman–Crippen LogP) is 1.98. The fourth-order valence-electron chi connectivity index (χ4n) is 1.19. The number of ketones is 1. The van der Waals surface area contributed by atoms with Gasteiger partial charge in [0, 0.05) is 5.92 Å². The first-order valence-electron chi connectivity index (χ1n) is 3.43. The lowest BCUT2D eigenvalue weighted by Gasteiger charge is -2.28. The molecule has 0 spiro atoms. The van der Waals surface area contributed by atoms with Crippen LogP contribution in [0.4, 0.5) is 0 Å². The van der Waals surface area contributed by atoms with Crippen molar-refractivity contribution in [1.29, 1.82) is 0 Å². The van der Waals surface area contributed by atoms with Gasteiger partial charge in [0.1, 0.15) is 0 Å². The smallest absolute Gasteiger partial charge is 0.153 e. The molecule has 0 heterocycles. The van der Waals surface area contributed by atoms with Crippen LogP contribution in [0.2, 0.25) is 0 Å². The van der Waals surface area contributed by atoms with E-state index in [2.05, 4.69) is 6.92 Å². The highest BCUT2D eigenvalue weighted by Crippen LogP contribution is 2.31. The number of halogens is 1. The van der Waals surface area contributed by atoms with Crippen LogP contribution in [0.1, 0.15) is 26.2 Å². The molecule has 0 saturated heterocycles. The van der Waals surface area contributed by atoms with E-state index in [9.17, 15) is 4.79 Å². The van der Waals surface area contributed by atoms with Gasteiger partial charge in [0.25, 0.3) is 0 Å². The highest BCUT2D eigenvalue weighted by molar-refractivity contribution is 6.33. The average Bonchev–Trinajstić information content (AvgIpc) is 1.88. The Labute approximate surface area is 60.4 Å². The Bertz CT molecular complexity index is 120. The summed E-state index contributed by atoms with van der Waals surface area (Å²) in [5, 5.41) is -0.151. The van der Waals surface area contributed by atoms with Gasteiger partial charge in [-0.05, 0) is 12.8 Å². The number of carbonyl (C=O) groups excluding carboxylic acids is 1. The number of hydrogen-bond acceptors (Lipinski definition) is 1. The SMILES string of the molecule is CCCC1CC(Cl)C1=O. The zero-order chi connectivity index (χ0) is 6.85. The molecule has 2 heteroatoms. The largest absolute Gasteiger partial charge is 0.298 e. The summed E-state index contributed by atoms with van der Waals surface area (Å²) in [7, 11) is 0. The topological polar surface area (TPSA) is 17.1 Å². The fraction of sp³-hybridized carbons (Fsp3) is 0.857. The van der Waals surface area contributed by atoms with Crippen LogP contribution in [0, 0.1) is 5.92 Å². The zero-order valence-electron chi connectivity index (χ0n) is 5.56. The van der Waals surface area contributed by atoms with Gasteiger partial charge in [-0.25, -0.2) is 0 Å². The maximum absolute atomic E-state index is 10.8. The van der Waals surface area contributed by atoms with Crippen LogP contribution in [0.5, 0.6) is 0 Å². The third-order valence-electron chi connectivity index (χ3n) is 1.84. The summed E-state index contributed by atoms with van der Waals surface area (Å²) >= 11 is 5.58. The van der Waals surface area contributed by atoms with Crippen molar-refractivity contribution < 1.29 is 4.79 Å². The third kappa shape index (κ3) is 1.26. The molecule has 0 radical (unpaired) electrons. The van der Waals surface area contributed by atoms with E-state index in [-0.39, 0.29) is 11.2 Å². The van der Waals surface area contributed by atoms with Gasteiger partial charge >= 0.3 is 0 Å². The summed E-state index contributed by atoms with van der Waals surface area (Å²) in [5.74, 6) is 0.566. The average molecular weight is 147 g/mol. The Morgan fingerprint density at radius 3 is 2.78 bits per heavy atom. The monoisotopic (exact) mass is 146 g/mol. The highest BCUT2D eigenvalue weighted by Gasteiger charge is 2.36. The molecule has 0 bridgehead atoms. The maximum atomic E-state index is 10.8. The lowest BCUT2D eigenvalue weighted by Crippen LogP contribution is -2.37. The normalized spacial score (nSPS) is 34.2. The number of rotatable bonds is 2. The van der Waals surface area contributed by atoms with Crippen molar-refractivity contribution >= 4 is 17.4 Å². The van der Waals surface area contributed by atoms with E-state index in [0.29, 0.717) is 5.92 Å². The van der Waals surface area contributed by atoms with Crippen molar-refractivity contribution in [3.8, 4) is 0 Å². The predicted molar refractivity (Wildman–Crippen MR) is 37.7 cm³/mol. The molecule has 1 nitrogen and oxygen atoms in total. The van der Waals surface area contributed by atoms with Crippen LogP contribution in [0.15, 0.2) is 0 Å². The molecule has 2 atom stereocenters. The quantitative estimate of drug-likeness (QED) is 0.545. The number of alkyl halides is 1. The fourth-order valence-corrected chi connectivity index (χ4v) is 1.58. The summed E-state index contributed by atoms with van der Waals surface area (Å²) in [6.07, 6.45) is 3.04. The Kier molecular flexibility index (Phi) is 2.12. The first kappa shape index (κ1) is 7.07. The standard InChI is InChI=1S/C7H11ClO/c1-2-3-5-4-6(8)7(5)9/h5-6H,2-4H2,1H3. The van der Waals surface area contributed by atoms with Crippen LogP contribution in [0.25, 0.3) is 0 Å². The molecule has 52 valence electrons. The van der Waals surface area contributed by atoms with E-state index in [1.54, 1.807) is 0 Å². The van der Waals surface area contributed by atoms with Gasteiger partial charge in [-0.2, -0.15) is 0 Å². The van der Waals surface area contributed by atoms with Crippen LogP contribution >= 0.6 is 11.6 Å². The van der Waals surface area contributed by atoms with E-state index in [0.717, 1.165) is 19.3 Å². The number of carbonyl (C=O) groups is 1. The van der Waals surface area contributed by atoms with Crippen molar-refractivity contribution in [3.63, 3.8) is 0 Å². The molecule has 1 fully saturated rings. The van der Waals surface area contributed by atoms with E-state index in [1.165, 1.54) is 0 Å². The summed E-state index contributed by atoms with van der Waals surface area (Å²) in [6.45, 7) is 2.09. The van der Waals surface area contributed by atoms with Crippen LogP contribution < -0.4 is 0 Å². The second-order valence-corrected chi connectivity index (χ2v) is 3.12. The van der Waals surface area contributed by atoms with E-state index in [4.69, 9.17) is 11.6 Å². The molecule has 2 unspecified atom stereocenters. The lowest BCUT2D eigenvalue weighted by atomic mass is 9.80. The molecule has 1 aliphatic rings. The number of hydrogen-bond donors (Lipinski definition) is 0. The molecule has 0 aromatic carbocycles. The highest BCUT2D eigenvalue weighted by atomic mass is 35.5. The molecular weight excluding hydrogens is 136 g/mol. The zero-order valence-corrected chi connectivity index (χ0v) is 6.32. The molecule has 9 heavy (non-hydrogen) atoms. The van der Waals surface area contributed by atoms with Crippen molar-refractivity contribution in [2.45, 2.75) is 31.6 Å². The first-order chi connectivity index (χ1) is 4.25. The molecule has 1 saturated carbocycles. The van der Waals surface area contributed by atoms with Gasteiger partial charge < -0.3 is 0 Å². The second kappa shape index (κ2) is 2.70. The Balaban J connectivity index is 2.25. The van der Waals surface area contributed by atoms with Crippen molar-refractivity contribution in [2.24, 2.45) is 5.92 Å². The molecule has 0 aromatic rings. The van der Waals surface area contributed by atoms with Crippen molar-refractivity contribution in [3.05, 3.63) is 0 Å². The van der Waals surface area contributed by atoms with Gasteiger partial charge in [-0.1, -0.05) is 13.3 Å². The van der Waals surface area contributed by atoms with E-state index < -0.39 is 0 Å². The van der Waals surface area contributed by atoms with E-state index >= 15 is 0 Å². The molecule has 0 aromatic heterocycles. The van der Waals surface area contributed by atoms with Gasteiger partial charge in [-0.15, -0.1) is 11.6 Å². The molecule has 0 aliphatic heterocycles. The second-order valence-electron chi connectivity index (χ2n) is 2.59.